The Hall–Kier alpha value is -3.22. The van der Waals surface area contributed by atoms with Gasteiger partial charge >= 0.3 is 0 Å². The lowest BCUT2D eigenvalue weighted by Crippen LogP contribution is -2.47. The first-order valence-electron chi connectivity index (χ1n) is 9.13. The van der Waals surface area contributed by atoms with E-state index in [4.69, 9.17) is 4.98 Å². The van der Waals surface area contributed by atoms with Crippen LogP contribution in [0.15, 0.2) is 48.9 Å². The van der Waals surface area contributed by atoms with Crippen molar-refractivity contribution in [2.45, 2.75) is 13.8 Å². The van der Waals surface area contributed by atoms with Crippen LogP contribution in [0.1, 0.15) is 11.1 Å². The van der Waals surface area contributed by atoms with E-state index in [1.165, 1.54) is 11.1 Å². The van der Waals surface area contributed by atoms with Gasteiger partial charge in [-0.2, -0.15) is 4.98 Å². The second kappa shape index (κ2) is 7.57. The van der Waals surface area contributed by atoms with Crippen LogP contribution in [0.4, 0.5) is 23.4 Å². The minimum Gasteiger partial charge on any atom is -0.340 e. The molecule has 3 heterocycles. The van der Waals surface area contributed by atoms with E-state index >= 15 is 0 Å². The zero-order valence-corrected chi connectivity index (χ0v) is 15.6. The van der Waals surface area contributed by atoms with Crippen molar-refractivity contribution in [3.05, 3.63) is 60.0 Å². The van der Waals surface area contributed by atoms with Crippen LogP contribution in [0, 0.1) is 13.8 Å². The molecule has 0 aliphatic carbocycles. The standard InChI is InChI=1S/C20H23N7/c1-15-12-16(2)14-17(13-15)24-18-4-7-23-20(25-18)27-10-8-26(9-11-27)19-21-5-3-6-22-19/h3-7,12-14H,8-11H2,1-2H3,(H,23,24,25). The molecule has 1 N–H and O–H groups in total. The summed E-state index contributed by atoms with van der Waals surface area (Å²) in [6.07, 6.45) is 5.36. The van der Waals surface area contributed by atoms with Crippen LogP contribution in [0.3, 0.4) is 0 Å². The highest BCUT2D eigenvalue weighted by molar-refractivity contribution is 5.59. The fraction of sp³-hybridized carbons (Fsp3) is 0.300. The Labute approximate surface area is 159 Å². The molecule has 0 spiro atoms. The maximum Gasteiger partial charge on any atom is 0.227 e. The van der Waals surface area contributed by atoms with Crippen LogP contribution in [-0.2, 0) is 0 Å². The van der Waals surface area contributed by atoms with Gasteiger partial charge in [0.1, 0.15) is 5.82 Å². The molecule has 1 fully saturated rings. The van der Waals surface area contributed by atoms with Crippen LogP contribution in [0.5, 0.6) is 0 Å². The molecule has 0 bridgehead atoms. The molecule has 1 aromatic carbocycles. The van der Waals surface area contributed by atoms with Gasteiger partial charge in [-0.15, -0.1) is 0 Å². The van der Waals surface area contributed by atoms with Gasteiger partial charge in [-0.05, 0) is 49.2 Å². The lowest BCUT2D eigenvalue weighted by Gasteiger charge is -2.34. The first-order valence-corrected chi connectivity index (χ1v) is 9.13. The molecule has 0 radical (unpaired) electrons. The van der Waals surface area contributed by atoms with Gasteiger partial charge in [0.15, 0.2) is 0 Å². The van der Waals surface area contributed by atoms with Crippen molar-refractivity contribution in [2.24, 2.45) is 0 Å². The zero-order valence-electron chi connectivity index (χ0n) is 15.6. The predicted octanol–water partition coefficient (Wildman–Crippen LogP) is 2.95. The lowest BCUT2D eigenvalue weighted by molar-refractivity contribution is 0.628. The molecule has 0 atom stereocenters. The summed E-state index contributed by atoms with van der Waals surface area (Å²) < 4.78 is 0. The van der Waals surface area contributed by atoms with E-state index in [1.807, 2.05) is 12.1 Å². The van der Waals surface area contributed by atoms with E-state index in [2.05, 4.69) is 62.1 Å². The summed E-state index contributed by atoms with van der Waals surface area (Å²) in [4.78, 5) is 22.2. The number of aryl methyl sites for hydroxylation is 2. The van der Waals surface area contributed by atoms with E-state index in [0.717, 1.165) is 49.6 Å². The normalized spacial score (nSPS) is 14.3. The van der Waals surface area contributed by atoms with Crippen molar-refractivity contribution in [3.8, 4) is 0 Å². The van der Waals surface area contributed by atoms with Crippen molar-refractivity contribution in [1.82, 2.24) is 19.9 Å². The van der Waals surface area contributed by atoms with Crippen molar-refractivity contribution >= 4 is 23.4 Å². The topological polar surface area (TPSA) is 70.1 Å². The molecule has 0 amide bonds. The summed E-state index contributed by atoms with van der Waals surface area (Å²) in [7, 11) is 0. The third kappa shape index (κ3) is 4.13. The van der Waals surface area contributed by atoms with E-state index in [1.54, 1.807) is 18.6 Å². The fourth-order valence-electron chi connectivity index (χ4n) is 3.33. The van der Waals surface area contributed by atoms with E-state index < -0.39 is 0 Å². The Morgan fingerprint density at radius 1 is 0.778 bits per heavy atom. The third-order valence-corrected chi connectivity index (χ3v) is 4.53. The van der Waals surface area contributed by atoms with Gasteiger partial charge in [-0.25, -0.2) is 15.0 Å². The minimum absolute atomic E-state index is 0.748. The molecule has 27 heavy (non-hydrogen) atoms. The Bertz CT molecular complexity index is 885. The van der Waals surface area contributed by atoms with E-state index in [9.17, 15) is 0 Å². The first kappa shape index (κ1) is 17.2. The summed E-state index contributed by atoms with van der Waals surface area (Å²) in [5, 5.41) is 3.39. The average molecular weight is 361 g/mol. The van der Waals surface area contributed by atoms with Gasteiger partial charge in [0, 0.05) is 50.5 Å². The molecule has 1 aliphatic rings. The number of nitrogens with zero attached hydrogens (tertiary/aromatic N) is 6. The number of hydrogen-bond acceptors (Lipinski definition) is 7. The quantitative estimate of drug-likeness (QED) is 0.766. The summed E-state index contributed by atoms with van der Waals surface area (Å²) in [6.45, 7) is 7.57. The number of anilines is 4. The monoisotopic (exact) mass is 361 g/mol. The Balaban J connectivity index is 1.44. The van der Waals surface area contributed by atoms with Crippen molar-refractivity contribution in [1.29, 1.82) is 0 Å². The number of aromatic nitrogens is 4. The minimum atomic E-state index is 0.748. The highest BCUT2D eigenvalue weighted by Crippen LogP contribution is 2.20. The summed E-state index contributed by atoms with van der Waals surface area (Å²) in [6, 6.07) is 10.1. The molecule has 0 saturated carbocycles. The molecule has 4 rings (SSSR count). The molecule has 3 aromatic rings. The maximum absolute atomic E-state index is 4.70. The zero-order chi connectivity index (χ0) is 18.6. The molecule has 138 valence electrons. The van der Waals surface area contributed by atoms with Crippen LogP contribution in [-0.4, -0.2) is 46.1 Å². The van der Waals surface area contributed by atoms with Crippen molar-refractivity contribution in [2.75, 3.05) is 41.3 Å². The third-order valence-electron chi connectivity index (χ3n) is 4.53. The van der Waals surface area contributed by atoms with E-state index in [-0.39, 0.29) is 0 Å². The largest absolute Gasteiger partial charge is 0.340 e. The van der Waals surface area contributed by atoms with E-state index in [0.29, 0.717) is 0 Å². The molecule has 2 aromatic heterocycles. The molecule has 7 heteroatoms. The summed E-state index contributed by atoms with van der Waals surface area (Å²) in [5.41, 5.74) is 3.50. The number of rotatable bonds is 4. The smallest absolute Gasteiger partial charge is 0.227 e. The molecule has 1 saturated heterocycles. The fourth-order valence-corrected chi connectivity index (χ4v) is 3.33. The first-order chi connectivity index (χ1) is 13.2. The van der Waals surface area contributed by atoms with Gasteiger partial charge in [-0.1, -0.05) is 6.07 Å². The predicted molar refractivity (Wildman–Crippen MR) is 108 cm³/mol. The summed E-state index contributed by atoms with van der Waals surface area (Å²) in [5.74, 6) is 2.33. The SMILES string of the molecule is Cc1cc(C)cc(Nc2ccnc(N3CCN(c4ncccn4)CC3)n2)c1. The molecule has 7 nitrogen and oxygen atoms in total. The highest BCUT2D eigenvalue weighted by atomic mass is 15.4. The van der Waals surface area contributed by atoms with Crippen LogP contribution in [0.2, 0.25) is 0 Å². The van der Waals surface area contributed by atoms with Crippen LogP contribution in [0.25, 0.3) is 0 Å². The summed E-state index contributed by atoms with van der Waals surface area (Å²) >= 11 is 0. The van der Waals surface area contributed by atoms with Crippen molar-refractivity contribution < 1.29 is 0 Å². The van der Waals surface area contributed by atoms with Gasteiger partial charge in [0.05, 0.1) is 0 Å². The van der Waals surface area contributed by atoms with Gasteiger partial charge in [0.2, 0.25) is 11.9 Å². The van der Waals surface area contributed by atoms with Gasteiger partial charge < -0.3 is 15.1 Å². The Kier molecular flexibility index (Phi) is 4.82. The molecule has 1 aliphatic heterocycles. The Morgan fingerprint density at radius 2 is 1.37 bits per heavy atom. The Morgan fingerprint density at radius 3 is 2.04 bits per heavy atom. The molecular formula is C20H23N7. The number of benzene rings is 1. The van der Waals surface area contributed by atoms with Gasteiger partial charge in [0.25, 0.3) is 0 Å². The number of piperazine rings is 1. The van der Waals surface area contributed by atoms with Crippen LogP contribution < -0.4 is 15.1 Å². The highest BCUT2D eigenvalue weighted by Gasteiger charge is 2.20. The van der Waals surface area contributed by atoms with Crippen LogP contribution >= 0.6 is 0 Å². The second-order valence-electron chi connectivity index (χ2n) is 6.77. The lowest BCUT2D eigenvalue weighted by atomic mass is 10.1. The maximum atomic E-state index is 4.70. The number of nitrogens with one attached hydrogen (secondary N) is 1. The number of hydrogen-bond donors (Lipinski definition) is 1. The second-order valence-corrected chi connectivity index (χ2v) is 6.77. The van der Waals surface area contributed by atoms with Gasteiger partial charge in [-0.3, -0.25) is 0 Å². The molecular weight excluding hydrogens is 338 g/mol. The average Bonchev–Trinajstić information content (AvgIpc) is 2.68. The van der Waals surface area contributed by atoms with Crippen molar-refractivity contribution in [3.63, 3.8) is 0 Å². The molecule has 0 unspecified atom stereocenters.